The Balaban J connectivity index is 2.52. The van der Waals surface area contributed by atoms with E-state index in [1.54, 1.807) is 0 Å². The summed E-state index contributed by atoms with van der Waals surface area (Å²) in [6.45, 7) is 0. The van der Waals surface area contributed by atoms with E-state index in [2.05, 4.69) is 0 Å². The molecule has 1 heterocycles. The average molecular weight is 268 g/mol. The molecule has 0 atom stereocenters. The standard InChI is InChI=1S/C12H12O7/c1-16-9-5-7(13)3-4-8(9)12(17-2)18-10(14)6-11(15)19-12/h3-5,13H,6H2,1-2H3. The fraction of sp³-hybridized carbons (Fsp3) is 0.333. The van der Waals surface area contributed by atoms with Crippen LogP contribution in [0.4, 0.5) is 0 Å². The molecule has 0 aromatic heterocycles. The van der Waals surface area contributed by atoms with Gasteiger partial charge < -0.3 is 24.1 Å². The number of carbonyl (C=O) groups is 2. The van der Waals surface area contributed by atoms with Gasteiger partial charge in [0.25, 0.3) is 0 Å². The maximum Gasteiger partial charge on any atom is 0.409 e. The van der Waals surface area contributed by atoms with Gasteiger partial charge in [-0.15, -0.1) is 0 Å². The zero-order valence-electron chi connectivity index (χ0n) is 10.3. The molecule has 1 fully saturated rings. The van der Waals surface area contributed by atoms with E-state index in [1.165, 1.54) is 32.4 Å². The van der Waals surface area contributed by atoms with E-state index in [-0.39, 0.29) is 17.1 Å². The van der Waals surface area contributed by atoms with Crippen LogP contribution in [0.2, 0.25) is 0 Å². The second-order valence-electron chi connectivity index (χ2n) is 3.77. The van der Waals surface area contributed by atoms with Crippen LogP contribution in [0.1, 0.15) is 12.0 Å². The first kappa shape index (κ1) is 13.2. The Morgan fingerprint density at radius 2 is 1.84 bits per heavy atom. The Kier molecular flexibility index (Phi) is 3.30. The van der Waals surface area contributed by atoms with Crippen molar-refractivity contribution in [2.75, 3.05) is 14.2 Å². The van der Waals surface area contributed by atoms with Crippen molar-refractivity contribution in [3.8, 4) is 11.5 Å². The average Bonchev–Trinajstić information content (AvgIpc) is 2.37. The number of cyclic esters (lactones) is 2. The van der Waals surface area contributed by atoms with Crippen LogP contribution < -0.4 is 4.74 Å². The van der Waals surface area contributed by atoms with Crippen molar-refractivity contribution in [1.29, 1.82) is 0 Å². The number of phenols is 1. The van der Waals surface area contributed by atoms with Crippen LogP contribution >= 0.6 is 0 Å². The summed E-state index contributed by atoms with van der Waals surface area (Å²) in [5, 5.41) is 9.39. The van der Waals surface area contributed by atoms with Crippen LogP contribution in [-0.2, 0) is 29.8 Å². The summed E-state index contributed by atoms with van der Waals surface area (Å²) in [6.07, 6.45) is -0.481. The third kappa shape index (κ3) is 2.32. The predicted octanol–water partition coefficient (Wildman–Crippen LogP) is 0.648. The van der Waals surface area contributed by atoms with Gasteiger partial charge in [0.05, 0.1) is 7.11 Å². The summed E-state index contributed by atoms with van der Waals surface area (Å²) in [7, 11) is 2.58. The molecule has 0 aliphatic carbocycles. The predicted molar refractivity (Wildman–Crippen MR) is 60.1 cm³/mol. The molecule has 0 bridgehead atoms. The Bertz CT molecular complexity index is 507. The van der Waals surface area contributed by atoms with Crippen LogP contribution in [-0.4, -0.2) is 31.3 Å². The number of methoxy groups -OCH3 is 2. The third-order valence-electron chi connectivity index (χ3n) is 2.57. The van der Waals surface area contributed by atoms with Gasteiger partial charge in [-0.05, 0) is 12.1 Å². The lowest BCUT2D eigenvalue weighted by molar-refractivity contribution is -0.357. The van der Waals surface area contributed by atoms with Gasteiger partial charge in [0.2, 0.25) is 0 Å². The maximum absolute atomic E-state index is 11.4. The Labute approximate surface area is 108 Å². The fourth-order valence-corrected chi connectivity index (χ4v) is 1.75. The van der Waals surface area contributed by atoms with E-state index in [9.17, 15) is 14.7 Å². The minimum Gasteiger partial charge on any atom is -0.508 e. The molecule has 0 radical (unpaired) electrons. The summed E-state index contributed by atoms with van der Waals surface area (Å²) < 4.78 is 20.1. The molecule has 2 rings (SSSR count). The van der Waals surface area contributed by atoms with Gasteiger partial charge in [-0.1, -0.05) is 0 Å². The number of phenolic OH excluding ortho intramolecular Hbond substituents is 1. The van der Waals surface area contributed by atoms with Gasteiger partial charge >= 0.3 is 17.9 Å². The topological polar surface area (TPSA) is 91.3 Å². The number of benzene rings is 1. The molecule has 1 aromatic rings. The highest BCUT2D eigenvalue weighted by molar-refractivity contribution is 5.93. The molecule has 0 unspecified atom stereocenters. The second kappa shape index (κ2) is 4.77. The van der Waals surface area contributed by atoms with Gasteiger partial charge in [0.1, 0.15) is 23.5 Å². The molecule has 1 aliphatic heterocycles. The molecule has 1 N–H and O–H groups in total. The van der Waals surface area contributed by atoms with Crippen molar-refractivity contribution in [2.45, 2.75) is 12.4 Å². The molecular formula is C12H12O7. The monoisotopic (exact) mass is 268 g/mol. The molecule has 1 saturated heterocycles. The van der Waals surface area contributed by atoms with Crippen LogP contribution in [0, 0.1) is 0 Å². The highest BCUT2D eigenvalue weighted by Crippen LogP contribution is 2.39. The van der Waals surface area contributed by atoms with Gasteiger partial charge in [-0.25, -0.2) is 0 Å². The highest BCUT2D eigenvalue weighted by atomic mass is 16.9. The summed E-state index contributed by atoms with van der Waals surface area (Å²) in [5.41, 5.74) is 0.164. The molecule has 0 amide bonds. The van der Waals surface area contributed by atoms with Crippen LogP contribution in [0.15, 0.2) is 18.2 Å². The normalized spacial score (nSPS) is 17.6. The number of hydrogen-bond acceptors (Lipinski definition) is 7. The van der Waals surface area contributed by atoms with Crippen LogP contribution in [0.3, 0.4) is 0 Å². The summed E-state index contributed by atoms with van der Waals surface area (Å²) in [4.78, 5) is 22.8. The van der Waals surface area contributed by atoms with Crippen molar-refractivity contribution in [3.63, 3.8) is 0 Å². The molecule has 19 heavy (non-hydrogen) atoms. The molecule has 7 heteroatoms. The minimum atomic E-state index is -1.99. The van der Waals surface area contributed by atoms with E-state index >= 15 is 0 Å². The van der Waals surface area contributed by atoms with Crippen molar-refractivity contribution in [1.82, 2.24) is 0 Å². The quantitative estimate of drug-likeness (QED) is 0.635. The molecule has 102 valence electrons. The number of ether oxygens (including phenoxy) is 4. The fourth-order valence-electron chi connectivity index (χ4n) is 1.75. The van der Waals surface area contributed by atoms with Crippen molar-refractivity contribution in [2.24, 2.45) is 0 Å². The van der Waals surface area contributed by atoms with Gasteiger partial charge in [-0.3, -0.25) is 9.59 Å². The zero-order chi connectivity index (χ0) is 14.0. The molecular weight excluding hydrogens is 256 g/mol. The summed E-state index contributed by atoms with van der Waals surface area (Å²) in [5.74, 6) is -3.43. The lowest BCUT2D eigenvalue weighted by Crippen LogP contribution is -2.44. The number of aromatic hydroxyl groups is 1. The van der Waals surface area contributed by atoms with E-state index in [0.29, 0.717) is 0 Å². The van der Waals surface area contributed by atoms with Crippen LogP contribution in [0.25, 0.3) is 0 Å². The minimum absolute atomic E-state index is 0.0553. The first-order chi connectivity index (χ1) is 9.00. The first-order valence-electron chi connectivity index (χ1n) is 5.37. The number of hydrogen-bond donors (Lipinski definition) is 1. The van der Waals surface area contributed by atoms with Crippen LogP contribution in [0.5, 0.6) is 11.5 Å². The summed E-state index contributed by atoms with van der Waals surface area (Å²) >= 11 is 0. The molecule has 7 nitrogen and oxygen atoms in total. The maximum atomic E-state index is 11.4. The zero-order valence-corrected chi connectivity index (χ0v) is 10.3. The first-order valence-corrected chi connectivity index (χ1v) is 5.37. The molecule has 1 aromatic carbocycles. The number of esters is 2. The van der Waals surface area contributed by atoms with Crippen molar-refractivity contribution < 1.29 is 33.6 Å². The highest BCUT2D eigenvalue weighted by Gasteiger charge is 2.48. The Hall–Kier alpha value is -2.28. The van der Waals surface area contributed by atoms with Crippen molar-refractivity contribution >= 4 is 11.9 Å². The van der Waals surface area contributed by atoms with Gasteiger partial charge in [0.15, 0.2) is 0 Å². The van der Waals surface area contributed by atoms with E-state index in [4.69, 9.17) is 18.9 Å². The Morgan fingerprint density at radius 3 is 2.37 bits per heavy atom. The molecule has 0 saturated carbocycles. The van der Waals surface area contributed by atoms with E-state index < -0.39 is 24.3 Å². The van der Waals surface area contributed by atoms with Gasteiger partial charge in [-0.2, -0.15) is 0 Å². The van der Waals surface area contributed by atoms with E-state index in [0.717, 1.165) is 0 Å². The number of rotatable bonds is 3. The van der Waals surface area contributed by atoms with E-state index in [1.807, 2.05) is 0 Å². The lowest BCUT2D eigenvalue weighted by atomic mass is 10.1. The largest absolute Gasteiger partial charge is 0.508 e. The lowest BCUT2D eigenvalue weighted by Gasteiger charge is -2.34. The van der Waals surface area contributed by atoms with Gasteiger partial charge in [0, 0.05) is 13.2 Å². The Morgan fingerprint density at radius 1 is 1.21 bits per heavy atom. The summed E-state index contributed by atoms with van der Waals surface area (Å²) in [6, 6.07) is 3.99. The molecule has 1 aliphatic rings. The third-order valence-corrected chi connectivity index (χ3v) is 2.57. The van der Waals surface area contributed by atoms with Crippen molar-refractivity contribution in [3.05, 3.63) is 23.8 Å². The molecule has 0 spiro atoms. The second-order valence-corrected chi connectivity index (χ2v) is 3.77. The SMILES string of the molecule is COc1cc(O)ccc1C1(OC)OC(=O)CC(=O)O1. The smallest absolute Gasteiger partial charge is 0.409 e. The number of carbonyl (C=O) groups excluding carboxylic acids is 2.